The maximum atomic E-state index is 13.7. The molecule has 0 bridgehead atoms. The molecule has 3 aromatic carbocycles. The van der Waals surface area contributed by atoms with Crippen LogP contribution in [-0.2, 0) is 16.4 Å². The van der Waals surface area contributed by atoms with Gasteiger partial charge in [0.2, 0.25) is 5.91 Å². The third-order valence-electron chi connectivity index (χ3n) is 6.30. The van der Waals surface area contributed by atoms with Crippen LogP contribution in [0.3, 0.4) is 0 Å². The normalized spacial score (nSPS) is 20.2. The molecule has 5 rings (SSSR count). The van der Waals surface area contributed by atoms with Gasteiger partial charge in [-0.3, -0.25) is 14.5 Å². The van der Waals surface area contributed by atoms with Crippen LogP contribution < -0.4 is 4.90 Å². The largest absolute Gasteiger partial charge is 0.416 e. The third-order valence-corrected chi connectivity index (χ3v) is 6.30. The first kappa shape index (κ1) is 20.3. The predicted octanol–water partition coefficient (Wildman–Crippen LogP) is 5.17. The molecule has 0 N–H and O–H groups in total. The Kier molecular flexibility index (Phi) is 4.58. The van der Waals surface area contributed by atoms with Crippen LogP contribution in [0.2, 0.25) is 0 Å². The van der Waals surface area contributed by atoms with E-state index in [0.717, 1.165) is 29.1 Å². The number of rotatable bonds is 2. The molecular formula is C25H19F3N2O2. The summed E-state index contributed by atoms with van der Waals surface area (Å²) in [5.41, 5.74) is 0.936. The highest BCUT2D eigenvalue weighted by atomic mass is 19.4. The van der Waals surface area contributed by atoms with Crippen molar-refractivity contribution < 1.29 is 22.8 Å². The summed E-state index contributed by atoms with van der Waals surface area (Å²) < 4.78 is 38.5. The molecule has 0 aromatic heterocycles. The molecule has 7 heteroatoms. The number of alkyl halides is 3. The Hall–Kier alpha value is -3.61. The van der Waals surface area contributed by atoms with Gasteiger partial charge in [0.1, 0.15) is 0 Å². The Labute approximate surface area is 182 Å². The molecule has 1 saturated heterocycles. The molecular weight excluding hydrogens is 417 g/mol. The lowest BCUT2D eigenvalue weighted by Crippen LogP contribution is -2.41. The smallest absolute Gasteiger partial charge is 0.337 e. The van der Waals surface area contributed by atoms with Gasteiger partial charge in [0.25, 0.3) is 5.91 Å². The second kappa shape index (κ2) is 7.22. The fraction of sp³-hybridized carbons (Fsp3) is 0.200. The van der Waals surface area contributed by atoms with Crippen molar-refractivity contribution in [2.45, 2.75) is 18.0 Å². The zero-order valence-electron chi connectivity index (χ0n) is 17.0. The van der Waals surface area contributed by atoms with Gasteiger partial charge in [-0.05, 0) is 54.4 Å². The Morgan fingerprint density at radius 1 is 0.875 bits per heavy atom. The van der Waals surface area contributed by atoms with Crippen molar-refractivity contribution in [3.05, 3.63) is 95.6 Å². The minimum Gasteiger partial charge on any atom is -0.337 e. The highest BCUT2D eigenvalue weighted by Crippen LogP contribution is 2.50. The predicted molar refractivity (Wildman–Crippen MR) is 114 cm³/mol. The molecule has 32 heavy (non-hydrogen) atoms. The highest BCUT2D eigenvalue weighted by molar-refractivity contribution is 6.13. The van der Waals surface area contributed by atoms with Gasteiger partial charge in [0.15, 0.2) is 0 Å². The molecule has 1 spiro atoms. The van der Waals surface area contributed by atoms with E-state index in [9.17, 15) is 22.8 Å². The minimum absolute atomic E-state index is 0.0902. The summed E-state index contributed by atoms with van der Waals surface area (Å²) in [6, 6.07) is 21.1. The van der Waals surface area contributed by atoms with E-state index in [1.54, 1.807) is 9.80 Å². The topological polar surface area (TPSA) is 40.6 Å². The number of anilines is 2. The van der Waals surface area contributed by atoms with Gasteiger partial charge in [0, 0.05) is 24.3 Å². The molecule has 0 saturated carbocycles. The van der Waals surface area contributed by atoms with Crippen LogP contribution in [-0.4, -0.2) is 29.8 Å². The van der Waals surface area contributed by atoms with Gasteiger partial charge < -0.3 is 4.90 Å². The van der Waals surface area contributed by atoms with Crippen molar-refractivity contribution in [2.75, 3.05) is 18.0 Å². The van der Waals surface area contributed by atoms with Crippen LogP contribution in [0.15, 0.2) is 78.9 Å². The number of fused-ring (bicyclic) bond motifs is 2. The molecule has 2 aliphatic heterocycles. The van der Waals surface area contributed by atoms with Gasteiger partial charge in [-0.2, -0.15) is 13.2 Å². The maximum Gasteiger partial charge on any atom is 0.416 e. The van der Waals surface area contributed by atoms with Crippen molar-refractivity contribution in [3.8, 4) is 0 Å². The SMILES string of the molecule is O=C(c1ccc(C(F)(F)F)cc1)N1CCC2(C1)C(=O)N(c1ccccc1)c1ccccc12. The first-order chi connectivity index (χ1) is 15.3. The molecule has 1 fully saturated rings. The van der Waals surface area contributed by atoms with Gasteiger partial charge in [-0.15, -0.1) is 0 Å². The van der Waals surface area contributed by atoms with Gasteiger partial charge in [0.05, 0.1) is 16.7 Å². The van der Waals surface area contributed by atoms with Crippen molar-refractivity contribution in [2.24, 2.45) is 0 Å². The molecule has 0 aliphatic carbocycles. The van der Waals surface area contributed by atoms with Crippen LogP contribution in [0.25, 0.3) is 0 Å². The van der Waals surface area contributed by atoms with Gasteiger partial charge in [-0.1, -0.05) is 36.4 Å². The van der Waals surface area contributed by atoms with Crippen LogP contribution in [0.4, 0.5) is 24.5 Å². The first-order valence-corrected chi connectivity index (χ1v) is 10.3. The van der Waals surface area contributed by atoms with E-state index in [0.29, 0.717) is 13.0 Å². The highest BCUT2D eigenvalue weighted by Gasteiger charge is 2.55. The molecule has 0 radical (unpaired) electrons. The van der Waals surface area contributed by atoms with Crippen molar-refractivity contribution in [1.29, 1.82) is 0 Å². The average Bonchev–Trinajstić information content (AvgIpc) is 3.35. The Balaban J connectivity index is 1.46. The van der Waals surface area contributed by atoms with Crippen molar-refractivity contribution in [3.63, 3.8) is 0 Å². The maximum absolute atomic E-state index is 13.7. The lowest BCUT2D eigenvalue weighted by molar-refractivity contribution is -0.137. The first-order valence-electron chi connectivity index (χ1n) is 10.3. The number of carbonyl (C=O) groups is 2. The van der Waals surface area contributed by atoms with Crippen LogP contribution >= 0.6 is 0 Å². The molecule has 162 valence electrons. The number of nitrogens with zero attached hydrogens (tertiary/aromatic N) is 2. The number of likely N-dealkylation sites (tertiary alicyclic amines) is 1. The number of amides is 2. The summed E-state index contributed by atoms with van der Waals surface area (Å²) in [5.74, 6) is -0.466. The number of para-hydroxylation sites is 2. The van der Waals surface area contributed by atoms with Crippen LogP contribution in [0.5, 0.6) is 0 Å². The molecule has 2 aliphatic rings. The lowest BCUT2D eigenvalue weighted by atomic mass is 9.81. The Morgan fingerprint density at radius 2 is 1.53 bits per heavy atom. The molecule has 1 unspecified atom stereocenters. The monoisotopic (exact) mass is 436 g/mol. The third kappa shape index (κ3) is 3.07. The number of hydrogen-bond acceptors (Lipinski definition) is 2. The Morgan fingerprint density at radius 3 is 2.22 bits per heavy atom. The quantitative estimate of drug-likeness (QED) is 0.556. The zero-order chi connectivity index (χ0) is 22.5. The number of halogens is 3. The van der Waals surface area contributed by atoms with Crippen molar-refractivity contribution >= 4 is 23.2 Å². The number of carbonyl (C=O) groups excluding carboxylic acids is 2. The summed E-state index contributed by atoms with van der Waals surface area (Å²) in [7, 11) is 0. The summed E-state index contributed by atoms with van der Waals surface area (Å²) in [4.78, 5) is 30.0. The molecule has 2 heterocycles. The zero-order valence-corrected chi connectivity index (χ0v) is 17.0. The standard InChI is InChI=1S/C25H19F3N2O2/c26-25(27,28)18-12-10-17(11-13-18)22(31)29-15-14-24(16-29)20-8-4-5-9-21(20)30(23(24)32)19-6-2-1-3-7-19/h1-13H,14-16H2. The fourth-order valence-corrected chi connectivity index (χ4v) is 4.71. The van der Waals surface area contributed by atoms with Gasteiger partial charge in [-0.25, -0.2) is 0 Å². The van der Waals surface area contributed by atoms with E-state index in [2.05, 4.69) is 0 Å². The number of hydrogen-bond donors (Lipinski definition) is 0. The summed E-state index contributed by atoms with van der Waals surface area (Å²) in [6.45, 7) is 0.536. The molecule has 4 nitrogen and oxygen atoms in total. The Bertz CT molecular complexity index is 1190. The van der Waals surface area contributed by atoms with Crippen LogP contribution in [0, 0.1) is 0 Å². The second-order valence-electron chi connectivity index (χ2n) is 8.13. The average molecular weight is 436 g/mol. The van der Waals surface area contributed by atoms with Crippen LogP contribution in [0.1, 0.15) is 27.9 Å². The second-order valence-corrected chi connectivity index (χ2v) is 8.13. The summed E-state index contributed by atoms with van der Waals surface area (Å²) in [5, 5.41) is 0. The minimum atomic E-state index is -4.46. The lowest BCUT2D eigenvalue weighted by Gasteiger charge is -2.24. The van der Waals surface area contributed by atoms with Crippen molar-refractivity contribution in [1.82, 2.24) is 4.90 Å². The summed E-state index contributed by atoms with van der Waals surface area (Å²) in [6.07, 6.45) is -4.00. The number of benzene rings is 3. The van der Waals surface area contributed by atoms with E-state index < -0.39 is 17.2 Å². The van der Waals surface area contributed by atoms with E-state index in [4.69, 9.17) is 0 Å². The fourth-order valence-electron chi connectivity index (χ4n) is 4.71. The summed E-state index contributed by atoms with van der Waals surface area (Å²) >= 11 is 0. The van der Waals surface area contributed by atoms with E-state index >= 15 is 0 Å². The van der Waals surface area contributed by atoms with E-state index in [-0.39, 0.29) is 23.9 Å². The van der Waals surface area contributed by atoms with E-state index in [1.807, 2.05) is 54.6 Å². The molecule has 1 atom stereocenters. The molecule has 3 aromatic rings. The van der Waals surface area contributed by atoms with Gasteiger partial charge >= 0.3 is 6.18 Å². The van der Waals surface area contributed by atoms with E-state index in [1.165, 1.54) is 12.1 Å². The molecule has 2 amide bonds.